The van der Waals surface area contributed by atoms with Crippen molar-refractivity contribution in [1.82, 2.24) is 10.2 Å². The van der Waals surface area contributed by atoms with E-state index in [0.717, 1.165) is 38.6 Å². The number of hydrogen-bond acceptors (Lipinski definition) is 3. The van der Waals surface area contributed by atoms with Crippen LogP contribution in [0.4, 0.5) is 0 Å². The van der Waals surface area contributed by atoms with Gasteiger partial charge in [-0.25, -0.2) is 0 Å². The lowest BCUT2D eigenvalue weighted by Gasteiger charge is -2.24. The van der Waals surface area contributed by atoms with Gasteiger partial charge >= 0.3 is 0 Å². The highest BCUT2D eigenvalue weighted by Crippen LogP contribution is 2.20. The molecule has 4 nitrogen and oxygen atoms in total. The topological polar surface area (TPSA) is 52.6 Å². The summed E-state index contributed by atoms with van der Waals surface area (Å²) in [5.74, 6) is 0.168. The standard InChI is InChI=1S/C13H24N2O2/c16-9-7-12-6-3-8-15(12)10-13(17)14-11-4-1-2-5-11/h11-12,16H,1-10H2,(H,14,17). The minimum absolute atomic E-state index is 0.168. The molecule has 0 radical (unpaired) electrons. The fraction of sp³-hybridized carbons (Fsp3) is 0.923. The first-order chi connectivity index (χ1) is 8.29. The largest absolute Gasteiger partial charge is 0.396 e. The molecule has 2 rings (SSSR count). The van der Waals surface area contributed by atoms with E-state index in [9.17, 15) is 4.79 Å². The second-order valence-corrected chi connectivity index (χ2v) is 5.33. The molecule has 2 fully saturated rings. The molecule has 0 spiro atoms. The van der Waals surface area contributed by atoms with Crippen LogP contribution in [0.2, 0.25) is 0 Å². The Morgan fingerprint density at radius 2 is 2.00 bits per heavy atom. The average Bonchev–Trinajstić information content (AvgIpc) is 2.92. The molecule has 1 saturated heterocycles. The van der Waals surface area contributed by atoms with Gasteiger partial charge in [0.2, 0.25) is 5.91 Å². The summed E-state index contributed by atoms with van der Waals surface area (Å²) in [6.45, 7) is 1.75. The van der Waals surface area contributed by atoms with Crippen LogP contribution in [0.5, 0.6) is 0 Å². The van der Waals surface area contributed by atoms with Gasteiger partial charge in [-0.1, -0.05) is 12.8 Å². The summed E-state index contributed by atoms with van der Waals surface area (Å²) in [5.41, 5.74) is 0. The van der Waals surface area contributed by atoms with Crippen molar-refractivity contribution in [3.63, 3.8) is 0 Å². The molecule has 1 aliphatic heterocycles. The van der Waals surface area contributed by atoms with Crippen molar-refractivity contribution in [3.8, 4) is 0 Å². The Bertz CT molecular complexity index is 252. The lowest BCUT2D eigenvalue weighted by Crippen LogP contribution is -2.43. The van der Waals surface area contributed by atoms with Gasteiger partial charge in [0.1, 0.15) is 0 Å². The predicted octanol–water partition coefficient (Wildman–Crippen LogP) is 0.892. The van der Waals surface area contributed by atoms with Gasteiger partial charge in [-0.2, -0.15) is 0 Å². The fourth-order valence-electron chi connectivity index (χ4n) is 3.11. The lowest BCUT2D eigenvalue weighted by molar-refractivity contribution is -0.123. The third kappa shape index (κ3) is 3.68. The Balaban J connectivity index is 1.73. The van der Waals surface area contributed by atoms with Crippen LogP contribution in [-0.2, 0) is 4.79 Å². The van der Waals surface area contributed by atoms with Crippen LogP contribution in [-0.4, -0.2) is 47.7 Å². The maximum Gasteiger partial charge on any atom is 0.234 e. The summed E-state index contributed by atoms with van der Waals surface area (Å²) in [4.78, 5) is 14.1. The number of likely N-dealkylation sites (tertiary alicyclic amines) is 1. The second kappa shape index (κ2) is 6.36. The highest BCUT2D eigenvalue weighted by Gasteiger charge is 2.26. The first-order valence-corrected chi connectivity index (χ1v) is 6.94. The van der Waals surface area contributed by atoms with Crippen LogP contribution in [0.25, 0.3) is 0 Å². The number of rotatable bonds is 5. The van der Waals surface area contributed by atoms with E-state index in [1.165, 1.54) is 12.8 Å². The Morgan fingerprint density at radius 3 is 2.71 bits per heavy atom. The number of hydrogen-bond donors (Lipinski definition) is 2. The average molecular weight is 240 g/mol. The number of amides is 1. The first-order valence-electron chi connectivity index (χ1n) is 6.94. The van der Waals surface area contributed by atoms with Gasteiger partial charge in [-0.3, -0.25) is 9.69 Å². The Kier molecular flexibility index (Phi) is 4.80. The molecular weight excluding hydrogens is 216 g/mol. The molecule has 2 N–H and O–H groups in total. The van der Waals surface area contributed by atoms with Crippen molar-refractivity contribution in [1.29, 1.82) is 0 Å². The zero-order chi connectivity index (χ0) is 12.1. The molecule has 1 heterocycles. The van der Waals surface area contributed by atoms with Crippen molar-refractivity contribution < 1.29 is 9.90 Å². The van der Waals surface area contributed by atoms with Crippen LogP contribution in [0.3, 0.4) is 0 Å². The van der Waals surface area contributed by atoms with Crippen molar-refractivity contribution in [3.05, 3.63) is 0 Å². The third-order valence-electron chi connectivity index (χ3n) is 4.03. The molecule has 1 atom stereocenters. The number of aliphatic hydroxyl groups is 1. The summed E-state index contributed by atoms with van der Waals surface area (Å²) >= 11 is 0. The zero-order valence-corrected chi connectivity index (χ0v) is 10.5. The highest BCUT2D eigenvalue weighted by molar-refractivity contribution is 5.78. The van der Waals surface area contributed by atoms with Crippen LogP contribution < -0.4 is 5.32 Å². The molecule has 4 heteroatoms. The normalized spacial score (nSPS) is 26.5. The molecule has 1 unspecified atom stereocenters. The summed E-state index contributed by atoms with van der Waals surface area (Å²) < 4.78 is 0. The molecule has 0 bridgehead atoms. The minimum atomic E-state index is 0.168. The molecule has 0 aromatic heterocycles. The smallest absolute Gasteiger partial charge is 0.234 e. The predicted molar refractivity (Wildman–Crippen MR) is 66.7 cm³/mol. The van der Waals surface area contributed by atoms with E-state index in [2.05, 4.69) is 10.2 Å². The summed E-state index contributed by atoms with van der Waals surface area (Å²) in [5, 5.41) is 12.1. The third-order valence-corrected chi connectivity index (χ3v) is 4.03. The maximum absolute atomic E-state index is 11.9. The van der Waals surface area contributed by atoms with Crippen LogP contribution >= 0.6 is 0 Å². The molecule has 0 aromatic carbocycles. The molecule has 17 heavy (non-hydrogen) atoms. The monoisotopic (exact) mass is 240 g/mol. The first kappa shape index (κ1) is 12.8. The molecular formula is C13H24N2O2. The van der Waals surface area contributed by atoms with E-state index in [4.69, 9.17) is 5.11 Å². The van der Waals surface area contributed by atoms with Crippen molar-refractivity contribution in [2.45, 2.75) is 57.0 Å². The zero-order valence-electron chi connectivity index (χ0n) is 10.5. The molecule has 2 aliphatic rings. The summed E-state index contributed by atoms with van der Waals surface area (Å²) in [7, 11) is 0. The van der Waals surface area contributed by atoms with Gasteiger partial charge in [-0.15, -0.1) is 0 Å². The fourth-order valence-corrected chi connectivity index (χ4v) is 3.11. The molecule has 1 amide bonds. The quantitative estimate of drug-likeness (QED) is 0.750. The number of nitrogens with one attached hydrogen (secondary N) is 1. The van der Waals surface area contributed by atoms with Gasteiger partial charge in [0.25, 0.3) is 0 Å². The number of nitrogens with zero attached hydrogens (tertiary/aromatic N) is 1. The SMILES string of the molecule is O=C(CN1CCCC1CCO)NC1CCCC1. The molecule has 1 saturated carbocycles. The molecule has 0 aromatic rings. The Labute approximate surface area is 103 Å². The van der Waals surface area contributed by atoms with E-state index in [1.807, 2.05) is 0 Å². The van der Waals surface area contributed by atoms with Crippen LogP contribution in [0.1, 0.15) is 44.9 Å². The van der Waals surface area contributed by atoms with E-state index in [1.54, 1.807) is 0 Å². The Morgan fingerprint density at radius 1 is 1.24 bits per heavy atom. The van der Waals surface area contributed by atoms with E-state index in [0.29, 0.717) is 18.6 Å². The van der Waals surface area contributed by atoms with Crippen molar-refractivity contribution in [2.24, 2.45) is 0 Å². The summed E-state index contributed by atoms with van der Waals surface area (Å²) in [6, 6.07) is 0.829. The number of carbonyl (C=O) groups is 1. The van der Waals surface area contributed by atoms with Crippen molar-refractivity contribution >= 4 is 5.91 Å². The minimum Gasteiger partial charge on any atom is -0.396 e. The maximum atomic E-state index is 11.9. The number of carbonyl (C=O) groups excluding carboxylic acids is 1. The van der Waals surface area contributed by atoms with Gasteiger partial charge in [-0.05, 0) is 38.6 Å². The van der Waals surface area contributed by atoms with Gasteiger partial charge in [0.05, 0.1) is 6.54 Å². The van der Waals surface area contributed by atoms with Gasteiger partial charge in [0, 0.05) is 18.7 Å². The Hall–Kier alpha value is -0.610. The van der Waals surface area contributed by atoms with Gasteiger partial charge in [0.15, 0.2) is 0 Å². The number of aliphatic hydroxyl groups excluding tert-OH is 1. The lowest BCUT2D eigenvalue weighted by atomic mass is 10.1. The van der Waals surface area contributed by atoms with Crippen molar-refractivity contribution in [2.75, 3.05) is 19.7 Å². The van der Waals surface area contributed by atoms with E-state index < -0.39 is 0 Å². The molecule has 98 valence electrons. The van der Waals surface area contributed by atoms with E-state index in [-0.39, 0.29) is 12.5 Å². The second-order valence-electron chi connectivity index (χ2n) is 5.33. The highest BCUT2D eigenvalue weighted by atomic mass is 16.3. The van der Waals surface area contributed by atoms with E-state index >= 15 is 0 Å². The van der Waals surface area contributed by atoms with Crippen LogP contribution in [0, 0.1) is 0 Å². The van der Waals surface area contributed by atoms with Crippen LogP contribution in [0.15, 0.2) is 0 Å². The summed E-state index contributed by atoms with van der Waals surface area (Å²) in [6.07, 6.45) is 7.87. The molecule has 1 aliphatic carbocycles. The van der Waals surface area contributed by atoms with Gasteiger partial charge < -0.3 is 10.4 Å².